The molecule has 3 saturated heterocycles. The number of aromatic amines is 1. The Morgan fingerprint density at radius 3 is 2.43 bits per heavy atom. The van der Waals surface area contributed by atoms with Crippen LogP contribution in [0.4, 0.5) is 10.2 Å². The molecular weight excluding hydrogens is 828 g/mol. The SMILES string of the molecule is CCCc1cc(C)[nH]c(=O)c1CNC(=O)c1cc(-c2ccc(N3CCN(C4CCN(Cc5cc(F)c6c(c5)CN(C5CCC(=O)NC5=O)C6=O)CC4)CC3)nc2)cc2c1cnn2C(C)C. The highest BCUT2D eigenvalue weighted by Crippen LogP contribution is 2.33. The van der Waals surface area contributed by atoms with Crippen LogP contribution in [0.1, 0.15) is 108 Å². The van der Waals surface area contributed by atoms with Gasteiger partial charge >= 0.3 is 0 Å². The van der Waals surface area contributed by atoms with Crippen LogP contribution in [0.2, 0.25) is 0 Å². The van der Waals surface area contributed by atoms with Gasteiger partial charge in [-0.05, 0) is 118 Å². The van der Waals surface area contributed by atoms with E-state index in [1.807, 2.05) is 36.0 Å². The van der Waals surface area contributed by atoms with Gasteiger partial charge in [0.2, 0.25) is 11.8 Å². The molecule has 4 aliphatic rings. The lowest BCUT2D eigenvalue weighted by atomic mass is 10.00. The van der Waals surface area contributed by atoms with Crippen molar-refractivity contribution in [1.29, 1.82) is 0 Å². The van der Waals surface area contributed by atoms with E-state index < -0.39 is 23.7 Å². The van der Waals surface area contributed by atoms with Crippen molar-refractivity contribution in [2.75, 3.05) is 44.2 Å². The summed E-state index contributed by atoms with van der Waals surface area (Å²) in [6.45, 7) is 14.2. The van der Waals surface area contributed by atoms with Crippen LogP contribution in [-0.2, 0) is 35.6 Å². The van der Waals surface area contributed by atoms with Gasteiger partial charge in [0.05, 0.1) is 22.8 Å². The molecule has 0 bridgehead atoms. The molecule has 3 aromatic heterocycles. The number of carbonyl (C=O) groups excluding carboxylic acids is 4. The maximum Gasteiger partial charge on any atom is 0.258 e. The van der Waals surface area contributed by atoms with Gasteiger partial charge in [-0.3, -0.25) is 43.8 Å². The zero-order chi connectivity index (χ0) is 45.5. The first kappa shape index (κ1) is 44.0. The van der Waals surface area contributed by atoms with Crippen molar-refractivity contribution < 1.29 is 23.6 Å². The molecular formula is C49H57FN10O5. The fourth-order valence-electron chi connectivity index (χ4n) is 10.2. The summed E-state index contributed by atoms with van der Waals surface area (Å²) in [6, 6.07) is 13.2. The highest BCUT2D eigenvalue weighted by atomic mass is 19.1. The Labute approximate surface area is 377 Å². The predicted octanol–water partition coefficient (Wildman–Crippen LogP) is 5.25. The molecule has 7 heterocycles. The van der Waals surface area contributed by atoms with E-state index in [1.54, 1.807) is 6.20 Å². The van der Waals surface area contributed by atoms with Crippen molar-refractivity contribution in [2.24, 2.45) is 0 Å². The number of amides is 4. The standard InChI is InChI=1S/C49H57FN10O5/c1-5-6-32-19-30(4)54-47(63)38(32)25-52-46(62)37-22-34(23-42-39(37)26-53-60(42)29(2)3)33-7-9-43(51-24-33)58-17-15-57(16-18-58)36-11-13-56(14-12-36)27-31-20-35-28-59(49(65)45(35)40(50)21-31)41-8-10-44(61)55-48(41)64/h7,9,19-24,26,29,36,41H,5-6,8,10-18,25,27-28H2,1-4H3,(H,52,62)(H,54,63)(H,55,61,64). The molecule has 3 N–H and O–H groups in total. The van der Waals surface area contributed by atoms with Crippen molar-refractivity contribution in [3.05, 3.63) is 110 Å². The zero-order valence-corrected chi connectivity index (χ0v) is 37.6. The number of nitrogens with one attached hydrogen (secondary N) is 3. The number of aryl methyl sites for hydroxylation is 2. The van der Waals surface area contributed by atoms with E-state index in [2.05, 4.69) is 74.4 Å². The van der Waals surface area contributed by atoms with Gasteiger partial charge in [-0.25, -0.2) is 9.37 Å². The first-order chi connectivity index (χ1) is 31.3. The topological polar surface area (TPSA) is 169 Å². The molecule has 0 saturated carbocycles. The third-order valence-electron chi connectivity index (χ3n) is 13.6. The summed E-state index contributed by atoms with van der Waals surface area (Å²) in [5.74, 6) is -1.28. The third-order valence-corrected chi connectivity index (χ3v) is 13.6. The van der Waals surface area contributed by atoms with Gasteiger partial charge in [-0.15, -0.1) is 0 Å². The number of hydrogen-bond donors (Lipinski definition) is 3. The number of benzene rings is 2. The largest absolute Gasteiger partial charge is 0.354 e. The Morgan fingerprint density at radius 2 is 1.72 bits per heavy atom. The number of nitrogens with zero attached hydrogens (tertiary/aromatic N) is 7. The molecule has 340 valence electrons. The number of anilines is 1. The molecule has 65 heavy (non-hydrogen) atoms. The molecule has 5 aromatic rings. The number of rotatable bonds is 12. The van der Waals surface area contributed by atoms with E-state index in [0.717, 1.165) is 110 Å². The lowest BCUT2D eigenvalue weighted by Gasteiger charge is -2.43. The van der Waals surface area contributed by atoms with Crippen molar-refractivity contribution in [3.63, 3.8) is 0 Å². The van der Waals surface area contributed by atoms with Crippen LogP contribution in [0.15, 0.2) is 59.7 Å². The van der Waals surface area contributed by atoms with E-state index >= 15 is 4.39 Å². The second kappa shape index (κ2) is 18.3. The van der Waals surface area contributed by atoms with Crippen LogP contribution < -0.4 is 21.1 Å². The fraction of sp³-hybridized carbons (Fsp3) is 0.449. The highest BCUT2D eigenvalue weighted by molar-refractivity contribution is 6.08. The van der Waals surface area contributed by atoms with E-state index in [0.29, 0.717) is 29.3 Å². The van der Waals surface area contributed by atoms with Crippen LogP contribution in [0.3, 0.4) is 0 Å². The maximum absolute atomic E-state index is 15.4. The van der Waals surface area contributed by atoms with Crippen LogP contribution in [0, 0.1) is 12.7 Å². The number of fused-ring (bicyclic) bond motifs is 2. The van der Waals surface area contributed by atoms with Crippen LogP contribution >= 0.6 is 0 Å². The lowest BCUT2D eigenvalue weighted by Crippen LogP contribution is -2.53. The molecule has 4 amide bonds. The number of carbonyl (C=O) groups is 4. The number of piperidine rings is 2. The first-order valence-electron chi connectivity index (χ1n) is 23.0. The van der Waals surface area contributed by atoms with Gasteiger partial charge in [-0.2, -0.15) is 5.10 Å². The van der Waals surface area contributed by atoms with E-state index in [1.165, 1.54) is 11.0 Å². The Balaban J connectivity index is 0.804. The highest BCUT2D eigenvalue weighted by Gasteiger charge is 2.41. The summed E-state index contributed by atoms with van der Waals surface area (Å²) in [5, 5.41) is 10.7. The third kappa shape index (κ3) is 8.93. The molecule has 15 nitrogen and oxygen atoms in total. The lowest BCUT2D eigenvalue weighted by molar-refractivity contribution is -0.136. The average Bonchev–Trinajstić information content (AvgIpc) is 3.87. The number of H-pyrrole nitrogens is 1. The second-order valence-corrected chi connectivity index (χ2v) is 18.3. The Morgan fingerprint density at radius 1 is 0.938 bits per heavy atom. The number of halogens is 1. The van der Waals surface area contributed by atoms with Crippen LogP contribution in [-0.4, -0.2) is 109 Å². The fourth-order valence-corrected chi connectivity index (χ4v) is 10.2. The molecule has 0 radical (unpaired) electrons. The molecule has 3 fully saturated rings. The van der Waals surface area contributed by atoms with E-state index in [-0.39, 0.29) is 54.9 Å². The number of pyridine rings is 2. The Kier molecular flexibility index (Phi) is 12.4. The number of hydrogen-bond acceptors (Lipinski definition) is 10. The van der Waals surface area contributed by atoms with Crippen LogP contribution in [0.5, 0.6) is 0 Å². The summed E-state index contributed by atoms with van der Waals surface area (Å²) in [7, 11) is 0. The van der Waals surface area contributed by atoms with Gasteiger partial charge in [0, 0.05) is 92.7 Å². The Bertz CT molecular complexity index is 2710. The molecule has 0 aliphatic carbocycles. The second-order valence-electron chi connectivity index (χ2n) is 18.3. The minimum Gasteiger partial charge on any atom is -0.354 e. The van der Waals surface area contributed by atoms with Gasteiger partial charge in [0.25, 0.3) is 17.4 Å². The summed E-state index contributed by atoms with van der Waals surface area (Å²) < 4.78 is 17.3. The number of aromatic nitrogens is 4. The number of imide groups is 1. The average molecular weight is 885 g/mol. The van der Waals surface area contributed by atoms with Gasteiger partial charge < -0.3 is 20.1 Å². The molecule has 0 spiro atoms. The first-order valence-corrected chi connectivity index (χ1v) is 23.0. The van der Waals surface area contributed by atoms with Crippen molar-refractivity contribution >= 4 is 40.3 Å². The number of piperazine rings is 1. The molecule has 16 heteroatoms. The Hall–Kier alpha value is -6.26. The van der Waals surface area contributed by atoms with Gasteiger partial charge in [0.15, 0.2) is 0 Å². The quantitative estimate of drug-likeness (QED) is 0.141. The van der Waals surface area contributed by atoms with Crippen molar-refractivity contribution in [2.45, 2.75) is 104 Å². The molecule has 1 unspecified atom stereocenters. The van der Waals surface area contributed by atoms with E-state index in [4.69, 9.17) is 4.98 Å². The maximum atomic E-state index is 15.4. The number of likely N-dealkylation sites (tertiary alicyclic amines) is 1. The normalized spacial score (nSPS) is 18.8. The van der Waals surface area contributed by atoms with Crippen molar-refractivity contribution in [3.8, 4) is 11.1 Å². The predicted molar refractivity (Wildman–Crippen MR) is 245 cm³/mol. The minimum absolute atomic E-state index is 0.0295. The van der Waals surface area contributed by atoms with Crippen molar-refractivity contribution in [1.82, 2.24) is 45.1 Å². The summed E-state index contributed by atoms with van der Waals surface area (Å²) in [6.07, 6.45) is 7.66. The van der Waals surface area contributed by atoms with Gasteiger partial charge in [0.1, 0.15) is 17.7 Å². The summed E-state index contributed by atoms with van der Waals surface area (Å²) in [5.41, 5.74) is 6.66. The summed E-state index contributed by atoms with van der Waals surface area (Å²) in [4.78, 5) is 80.5. The van der Waals surface area contributed by atoms with Gasteiger partial charge in [-0.1, -0.05) is 19.4 Å². The molecule has 2 aromatic carbocycles. The molecule has 9 rings (SSSR count). The minimum atomic E-state index is -0.774. The summed E-state index contributed by atoms with van der Waals surface area (Å²) >= 11 is 0. The molecule has 4 aliphatic heterocycles. The van der Waals surface area contributed by atoms with E-state index in [9.17, 15) is 24.0 Å². The van der Waals surface area contributed by atoms with Crippen LogP contribution in [0.25, 0.3) is 22.0 Å². The monoisotopic (exact) mass is 884 g/mol. The zero-order valence-electron chi connectivity index (χ0n) is 37.6. The smallest absolute Gasteiger partial charge is 0.258 e. The molecule has 1 atom stereocenters.